The summed E-state index contributed by atoms with van der Waals surface area (Å²) in [6.07, 6.45) is 4.30. The summed E-state index contributed by atoms with van der Waals surface area (Å²) in [5, 5.41) is 8.15. The van der Waals surface area contributed by atoms with Gasteiger partial charge in [-0.3, -0.25) is 4.79 Å². The van der Waals surface area contributed by atoms with Crippen LogP contribution in [0, 0.1) is 24.6 Å². The lowest BCUT2D eigenvalue weighted by molar-refractivity contribution is 0.000837. The van der Waals surface area contributed by atoms with Gasteiger partial charge in [-0.1, -0.05) is 18.2 Å². The van der Waals surface area contributed by atoms with Gasteiger partial charge in [0.25, 0.3) is 0 Å². The first-order chi connectivity index (χ1) is 20.5. The number of benzene rings is 2. The van der Waals surface area contributed by atoms with Crippen molar-refractivity contribution in [3.8, 4) is 22.9 Å². The number of fused-ring (bicyclic) bond motifs is 1. The molecule has 1 saturated heterocycles. The molecule has 1 N–H and O–H groups in total. The Morgan fingerprint density at radius 2 is 1.86 bits per heavy atom. The number of carbonyl (C=O) groups excluding carboxylic acids is 2. The molecular weight excluding hydrogens is 549 g/mol. The van der Waals surface area contributed by atoms with Crippen molar-refractivity contribution < 1.29 is 23.5 Å². The van der Waals surface area contributed by atoms with Crippen LogP contribution in [0.2, 0.25) is 0 Å². The number of imidazole rings is 1. The third-order valence-electron chi connectivity index (χ3n) is 7.65. The van der Waals surface area contributed by atoms with Crippen LogP contribution in [0.5, 0.6) is 11.6 Å². The van der Waals surface area contributed by atoms with E-state index in [1.807, 2.05) is 45.9 Å². The van der Waals surface area contributed by atoms with Gasteiger partial charge in [-0.25, -0.2) is 18.7 Å². The highest BCUT2D eigenvalue weighted by Crippen LogP contribution is 2.35. The van der Waals surface area contributed by atoms with Gasteiger partial charge >= 0.3 is 6.09 Å². The van der Waals surface area contributed by atoms with E-state index in [-0.39, 0.29) is 23.7 Å². The number of hydrogen-bond acceptors (Lipinski definition) is 7. The number of Topliss-reactive ketones (excluding diaryl/α,β-unsaturated/α-hetero) is 1. The summed E-state index contributed by atoms with van der Waals surface area (Å²) in [5.74, 6) is 1.11. The fraction of sp³-hybridized carbons (Fsp3) is 0.394. The van der Waals surface area contributed by atoms with Crippen molar-refractivity contribution in [3.05, 3.63) is 71.7 Å². The van der Waals surface area contributed by atoms with Crippen molar-refractivity contribution in [2.45, 2.75) is 52.6 Å². The molecule has 2 aromatic carbocycles. The van der Waals surface area contributed by atoms with Crippen molar-refractivity contribution >= 4 is 23.2 Å². The van der Waals surface area contributed by atoms with Gasteiger partial charge in [0.1, 0.15) is 17.2 Å². The molecular formula is C33H36FN5O4. The Bertz CT molecular complexity index is 1680. The van der Waals surface area contributed by atoms with Gasteiger partial charge in [-0.15, -0.1) is 5.10 Å². The van der Waals surface area contributed by atoms with Gasteiger partial charge in [-0.2, -0.15) is 0 Å². The second-order valence-electron chi connectivity index (χ2n) is 12.6. The molecule has 4 aromatic rings. The highest BCUT2D eigenvalue weighted by molar-refractivity contribution is 5.98. The van der Waals surface area contributed by atoms with E-state index in [1.165, 1.54) is 12.1 Å². The van der Waals surface area contributed by atoms with Crippen LogP contribution < -0.4 is 10.1 Å². The zero-order valence-corrected chi connectivity index (χ0v) is 24.9. The third-order valence-corrected chi connectivity index (χ3v) is 7.65. The summed E-state index contributed by atoms with van der Waals surface area (Å²) in [6.45, 7) is 9.27. The van der Waals surface area contributed by atoms with E-state index in [0.717, 1.165) is 35.2 Å². The van der Waals surface area contributed by atoms with Crippen LogP contribution in [0.3, 0.4) is 0 Å². The Kier molecular flexibility index (Phi) is 7.54. The van der Waals surface area contributed by atoms with Gasteiger partial charge in [0, 0.05) is 55.2 Å². The SMILES string of the molecule is Cc1cc(-c2cnc3c(NCC4CN(C(=O)OC(C)(C)C)C4)cc(Oc4cccc(F)c4)nn23)ccc1C(=O)CC1CC1. The first kappa shape index (κ1) is 28.6. The second kappa shape index (κ2) is 11.3. The molecule has 1 amide bonds. The van der Waals surface area contributed by atoms with Crippen LogP contribution in [0.1, 0.15) is 56.0 Å². The van der Waals surface area contributed by atoms with Gasteiger partial charge in [0.2, 0.25) is 5.88 Å². The van der Waals surface area contributed by atoms with Crippen LogP contribution in [0.15, 0.2) is 54.7 Å². The summed E-state index contributed by atoms with van der Waals surface area (Å²) in [6, 6.07) is 13.4. The van der Waals surface area contributed by atoms with E-state index < -0.39 is 11.4 Å². The average Bonchev–Trinajstić information content (AvgIpc) is 3.61. The van der Waals surface area contributed by atoms with E-state index in [4.69, 9.17) is 14.6 Å². The monoisotopic (exact) mass is 585 g/mol. The first-order valence-corrected chi connectivity index (χ1v) is 14.7. The standard InChI is InChI=1S/C33H36FN5O4/c1-20-12-23(10-11-26(20)29(40)13-21-8-9-21)28-17-36-31-27(35-16-22-18-38(19-22)32(41)43-33(2,3)4)15-30(37-39(28)31)42-25-7-5-6-24(34)14-25/h5-7,10-12,14-15,17,21-22,35H,8-9,13,16,18-19H2,1-4H3. The molecule has 1 aliphatic heterocycles. The molecule has 3 heterocycles. The Hall–Kier alpha value is -4.47. The minimum atomic E-state index is -0.537. The highest BCUT2D eigenvalue weighted by atomic mass is 19.1. The molecule has 1 saturated carbocycles. The number of anilines is 1. The van der Waals surface area contributed by atoms with Crippen molar-refractivity contribution in [1.82, 2.24) is 19.5 Å². The van der Waals surface area contributed by atoms with Gasteiger partial charge in [-0.05, 0) is 70.2 Å². The Balaban J connectivity index is 1.26. The average molecular weight is 586 g/mol. The van der Waals surface area contributed by atoms with Crippen LogP contribution in [0.4, 0.5) is 14.9 Å². The fourth-order valence-electron chi connectivity index (χ4n) is 5.23. The van der Waals surface area contributed by atoms with Crippen LogP contribution >= 0.6 is 0 Å². The maximum atomic E-state index is 13.9. The molecule has 43 heavy (non-hydrogen) atoms. The number of nitrogens with zero attached hydrogens (tertiary/aromatic N) is 4. The largest absolute Gasteiger partial charge is 0.444 e. The summed E-state index contributed by atoms with van der Waals surface area (Å²) in [5.41, 5.74) is 3.99. The maximum absolute atomic E-state index is 13.9. The van der Waals surface area contributed by atoms with Gasteiger partial charge < -0.3 is 19.7 Å². The summed E-state index contributed by atoms with van der Waals surface area (Å²) in [7, 11) is 0. The van der Waals surface area contributed by atoms with E-state index in [9.17, 15) is 14.0 Å². The Labute approximate surface area is 250 Å². The summed E-state index contributed by atoms with van der Waals surface area (Å²) in [4.78, 5) is 31.5. The lowest BCUT2D eigenvalue weighted by Gasteiger charge is -2.39. The lowest BCUT2D eigenvalue weighted by atomic mass is 9.98. The molecule has 2 fully saturated rings. The molecule has 2 aromatic heterocycles. The number of likely N-dealkylation sites (tertiary alicyclic amines) is 1. The van der Waals surface area contributed by atoms with E-state index in [1.54, 1.807) is 33.8 Å². The molecule has 0 atom stereocenters. The smallest absolute Gasteiger partial charge is 0.410 e. The molecule has 0 spiro atoms. The quantitative estimate of drug-likeness (QED) is 0.213. The lowest BCUT2D eigenvalue weighted by Crippen LogP contribution is -2.53. The molecule has 10 heteroatoms. The number of halogens is 1. The minimum absolute atomic E-state index is 0.182. The summed E-state index contributed by atoms with van der Waals surface area (Å²) >= 11 is 0. The van der Waals surface area contributed by atoms with E-state index in [2.05, 4.69) is 10.3 Å². The van der Waals surface area contributed by atoms with Crippen LogP contribution in [-0.2, 0) is 4.74 Å². The van der Waals surface area contributed by atoms with Crippen molar-refractivity contribution in [3.63, 3.8) is 0 Å². The number of ether oxygens (including phenoxy) is 2. The van der Waals surface area contributed by atoms with E-state index >= 15 is 0 Å². The molecule has 9 nitrogen and oxygen atoms in total. The van der Waals surface area contributed by atoms with Crippen molar-refractivity contribution in [2.24, 2.45) is 11.8 Å². The Morgan fingerprint density at radius 3 is 2.56 bits per heavy atom. The topological polar surface area (TPSA) is 98.1 Å². The highest BCUT2D eigenvalue weighted by Gasteiger charge is 2.33. The second-order valence-corrected chi connectivity index (χ2v) is 12.6. The number of ketones is 1. The Morgan fingerprint density at radius 1 is 1.07 bits per heavy atom. The maximum Gasteiger partial charge on any atom is 0.410 e. The number of rotatable bonds is 9. The molecule has 0 radical (unpaired) electrons. The molecule has 224 valence electrons. The van der Waals surface area contributed by atoms with Crippen molar-refractivity contribution in [2.75, 3.05) is 25.0 Å². The molecule has 1 aliphatic carbocycles. The number of hydrogen-bond donors (Lipinski definition) is 1. The van der Waals surface area contributed by atoms with Crippen molar-refractivity contribution in [1.29, 1.82) is 0 Å². The number of nitrogens with one attached hydrogen (secondary N) is 1. The number of aromatic nitrogens is 3. The zero-order valence-electron chi connectivity index (χ0n) is 24.9. The predicted molar refractivity (Wildman–Crippen MR) is 161 cm³/mol. The number of aryl methyl sites for hydroxylation is 1. The molecule has 2 aliphatic rings. The normalized spacial score (nSPS) is 15.3. The van der Waals surface area contributed by atoms with Crippen LogP contribution in [-0.4, -0.2) is 56.6 Å². The third kappa shape index (κ3) is 6.63. The molecule has 0 unspecified atom stereocenters. The minimum Gasteiger partial charge on any atom is -0.444 e. The van der Waals surface area contributed by atoms with E-state index in [0.29, 0.717) is 49.1 Å². The van der Waals surface area contributed by atoms with Gasteiger partial charge in [0.05, 0.1) is 17.6 Å². The first-order valence-electron chi connectivity index (χ1n) is 14.7. The molecule has 6 rings (SSSR count). The van der Waals surface area contributed by atoms with Crippen LogP contribution in [0.25, 0.3) is 16.9 Å². The zero-order chi connectivity index (χ0) is 30.3. The predicted octanol–water partition coefficient (Wildman–Crippen LogP) is 6.90. The van der Waals surface area contributed by atoms with Gasteiger partial charge in [0.15, 0.2) is 11.4 Å². The number of carbonyl (C=O) groups is 2. The summed E-state index contributed by atoms with van der Waals surface area (Å²) < 4.78 is 27.0. The fourth-order valence-corrected chi connectivity index (χ4v) is 5.23. The number of amides is 1. The molecule has 0 bridgehead atoms.